The summed E-state index contributed by atoms with van der Waals surface area (Å²) < 4.78 is 11.3. The van der Waals surface area contributed by atoms with Crippen molar-refractivity contribution in [2.24, 2.45) is 0 Å². The van der Waals surface area contributed by atoms with Crippen molar-refractivity contribution in [2.45, 2.75) is 6.92 Å². The Hall–Kier alpha value is -1.95. The third-order valence-corrected chi connectivity index (χ3v) is 4.22. The highest BCUT2D eigenvalue weighted by Crippen LogP contribution is 2.19. The lowest BCUT2D eigenvalue weighted by Gasteiger charge is -2.07. The summed E-state index contributed by atoms with van der Waals surface area (Å²) >= 11 is 0. The maximum absolute atomic E-state index is 12.0. The van der Waals surface area contributed by atoms with Crippen molar-refractivity contribution in [1.29, 1.82) is 0 Å². The van der Waals surface area contributed by atoms with Crippen LogP contribution in [0.2, 0.25) is 0 Å². The summed E-state index contributed by atoms with van der Waals surface area (Å²) in [6, 6.07) is 8.97. The molecule has 1 heterocycles. The number of nitrogen functional groups attached to an aromatic ring is 1. The summed E-state index contributed by atoms with van der Waals surface area (Å²) in [7, 11) is -0.886. The number of fused-ring (bicyclic) bond motifs is 1. The van der Waals surface area contributed by atoms with Crippen LogP contribution in [0, 0.1) is 0 Å². The van der Waals surface area contributed by atoms with Crippen LogP contribution >= 0.6 is 0 Å². The summed E-state index contributed by atoms with van der Waals surface area (Å²) in [5.41, 5.74) is 7.42. The van der Waals surface area contributed by atoms with Gasteiger partial charge < -0.3 is 11.1 Å². The molecule has 106 valence electrons. The molecule has 20 heavy (non-hydrogen) atoms. The molecule has 0 radical (unpaired) electrons. The van der Waals surface area contributed by atoms with Gasteiger partial charge >= 0.3 is 0 Å². The fourth-order valence-electron chi connectivity index (χ4n) is 1.83. The van der Waals surface area contributed by atoms with E-state index in [9.17, 15) is 9.00 Å². The average Bonchev–Trinajstić information content (AvgIpc) is 2.46. The van der Waals surface area contributed by atoms with Crippen LogP contribution in [0.25, 0.3) is 10.9 Å². The summed E-state index contributed by atoms with van der Waals surface area (Å²) in [5, 5.41) is 3.54. The van der Waals surface area contributed by atoms with Crippen molar-refractivity contribution in [2.75, 3.05) is 23.8 Å². The number of carbonyl (C=O) groups excluding carboxylic acids is 1. The summed E-state index contributed by atoms with van der Waals surface area (Å²) in [6.45, 7) is 2.22. The van der Waals surface area contributed by atoms with E-state index in [1.54, 1.807) is 6.07 Å². The van der Waals surface area contributed by atoms with E-state index in [0.717, 1.165) is 5.39 Å². The highest BCUT2D eigenvalue weighted by molar-refractivity contribution is 7.84. The molecule has 3 N–H and O–H groups in total. The average molecular weight is 291 g/mol. The number of anilines is 1. The minimum atomic E-state index is -0.886. The predicted octanol–water partition coefficient (Wildman–Crippen LogP) is 1.32. The first-order valence-electron chi connectivity index (χ1n) is 6.40. The Morgan fingerprint density at radius 1 is 1.40 bits per heavy atom. The Kier molecular flexibility index (Phi) is 4.68. The molecule has 0 fully saturated rings. The molecule has 0 saturated carbocycles. The molecular formula is C14H17N3O2S. The molecule has 0 aliphatic carbocycles. The van der Waals surface area contributed by atoms with Gasteiger partial charge in [-0.3, -0.25) is 9.00 Å². The smallest absolute Gasteiger partial charge is 0.270 e. The van der Waals surface area contributed by atoms with Crippen LogP contribution in [0.1, 0.15) is 17.4 Å². The number of nitrogens with two attached hydrogens (primary N) is 1. The summed E-state index contributed by atoms with van der Waals surface area (Å²) in [5.74, 6) is 0.748. The number of nitrogens with zero attached hydrogens (tertiary/aromatic N) is 1. The molecule has 2 rings (SSSR count). The van der Waals surface area contributed by atoms with Crippen molar-refractivity contribution in [3.05, 3.63) is 36.0 Å². The van der Waals surface area contributed by atoms with E-state index >= 15 is 0 Å². The molecule has 1 aromatic carbocycles. The topological polar surface area (TPSA) is 85.1 Å². The largest absolute Gasteiger partial charge is 0.398 e. The minimum absolute atomic E-state index is 0.281. The van der Waals surface area contributed by atoms with Gasteiger partial charge in [0.1, 0.15) is 5.69 Å². The van der Waals surface area contributed by atoms with Crippen molar-refractivity contribution < 1.29 is 9.00 Å². The quantitative estimate of drug-likeness (QED) is 0.870. The highest BCUT2D eigenvalue weighted by atomic mass is 32.2. The number of rotatable bonds is 5. The number of amides is 1. The van der Waals surface area contributed by atoms with E-state index in [0.29, 0.717) is 29.3 Å². The molecule has 1 atom stereocenters. The van der Waals surface area contributed by atoms with E-state index in [1.165, 1.54) is 0 Å². The number of nitrogens with one attached hydrogen (secondary N) is 1. The van der Waals surface area contributed by atoms with Gasteiger partial charge in [0.2, 0.25) is 0 Å². The van der Waals surface area contributed by atoms with E-state index in [-0.39, 0.29) is 11.6 Å². The first-order valence-corrected chi connectivity index (χ1v) is 7.89. The molecule has 1 amide bonds. The van der Waals surface area contributed by atoms with E-state index < -0.39 is 10.8 Å². The summed E-state index contributed by atoms with van der Waals surface area (Å²) in [4.78, 5) is 16.3. The Morgan fingerprint density at radius 2 is 2.15 bits per heavy atom. The second kappa shape index (κ2) is 6.47. The number of hydrogen-bond acceptors (Lipinski definition) is 4. The van der Waals surface area contributed by atoms with Crippen molar-refractivity contribution >= 4 is 33.3 Å². The van der Waals surface area contributed by atoms with Crippen LogP contribution in [0.3, 0.4) is 0 Å². The van der Waals surface area contributed by atoms with Gasteiger partial charge in [0.05, 0.1) is 5.52 Å². The first-order chi connectivity index (χ1) is 9.61. The Morgan fingerprint density at radius 3 is 2.90 bits per heavy atom. The monoisotopic (exact) mass is 291 g/mol. The normalized spacial score (nSPS) is 12.2. The molecule has 5 nitrogen and oxygen atoms in total. The van der Waals surface area contributed by atoms with E-state index in [1.807, 2.05) is 31.2 Å². The molecule has 0 bridgehead atoms. The Bertz CT molecular complexity index is 658. The third-order valence-electron chi connectivity index (χ3n) is 2.92. The first kappa shape index (κ1) is 14.5. The van der Waals surface area contributed by atoms with Gasteiger partial charge in [-0.1, -0.05) is 25.1 Å². The van der Waals surface area contributed by atoms with Gasteiger partial charge in [0.25, 0.3) is 5.91 Å². The van der Waals surface area contributed by atoms with Crippen LogP contribution in [0.15, 0.2) is 30.3 Å². The third kappa shape index (κ3) is 3.33. The highest BCUT2D eigenvalue weighted by Gasteiger charge is 2.10. The number of hydrogen-bond donors (Lipinski definition) is 2. The standard InChI is InChI=1S/C14H17N3O2S/c1-2-20(19)8-7-16-14(18)13-9-11(15)10-5-3-4-6-12(10)17-13/h3-6,9H,2,7-8H2,1H3,(H2,15,17)(H,16,18). The Balaban J connectivity index is 2.12. The summed E-state index contributed by atoms with van der Waals surface area (Å²) in [6.07, 6.45) is 0. The number of pyridine rings is 1. The molecule has 0 aliphatic heterocycles. The molecule has 1 aromatic heterocycles. The zero-order chi connectivity index (χ0) is 14.5. The van der Waals surface area contributed by atoms with Gasteiger partial charge in [-0.05, 0) is 12.1 Å². The molecule has 0 saturated heterocycles. The van der Waals surface area contributed by atoms with Crippen LogP contribution in [-0.4, -0.2) is 33.2 Å². The van der Waals surface area contributed by atoms with Gasteiger partial charge in [-0.15, -0.1) is 0 Å². The molecule has 2 aromatic rings. The lowest BCUT2D eigenvalue weighted by atomic mass is 10.1. The van der Waals surface area contributed by atoms with Crippen LogP contribution in [-0.2, 0) is 10.8 Å². The van der Waals surface area contributed by atoms with Crippen LogP contribution in [0.4, 0.5) is 5.69 Å². The van der Waals surface area contributed by atoms with Crippen LogP contribution in [0.5, 0.6) is 0 Å². The van der Waals surface area contributed by atoms with Gasteiger partial charge in [0.15, 0.2) is 0 Å². The number of benzene rings is 1. The molecular weight excluding hydrogens is 274 g/mol. The molecule has 6 heteroatoms. The number of aromatic nitrogens is 1. The Labute approximate surface area is 120 Å². The lowest BCUT2D eigenvalue weighted by Crippen LogP contribution is -2.28. The molecule has 1 unspecified atom stereocenters. The zero-order valence-corrected chi connectivity index (χ0v) is 12.1. The van der Waals surface area contributed by atoms with Crippen molar-refractivity contribution in [3.63, 3.8) is 0 Å². The maximum Gasteiger partial charge on any atom is 0.270 e. The van der Waals surface area contributed by atoms with Gasteiger partial charge in [-0.2, -0.15) is 0 Å². The second-order valence-electron chi connectivity index (χ2n) is 4.30. The second-order valence-corrected chi connectivity index (χ2v) is 6.17. The number of para-hydroxylation sites is 1. The van der Waals surface area contributed by atoms with Gasteiger partial charge in [0, 0.05) is 39.9 Å². The van der Waals surface area contributed by atoms with E-state index in [2.05, 4.69) is 10.3 Å². The zero-order valence-electron chi connectivity index (χ0n) is 11.3. The van der Waals surface area contributed by atoms with Crippen LogP contribution < -0.4 is 11.1 Å². The molecule has 0 aliphatic rings. The lowest BCUT2D eigenvalue weighted by molar-refractivity contribution is 0.0951. The van der Waals surface area contributed by atoms with E-state index in [4.69, 9.17) is 5.73 Å². The number of carbonyl (C=O) groups is 1. The fraction of sp³-hybridized carbons (Fsp3) is 0.286. The van der Waals surface area contributed by atoms with Gasteiger partial charge in [-0.25, -0.2) is 4.98 Å². The van der Waals surface area contributed by atoms with Crippen molar-refractivity contribution in [3.8, 4) is 0 Å². The SMILES string of the molecule is CCS(=O)CCNC(=O)c1cc(N)c2ccccc2n1. The maximum atomic E-state index is 12.0. The molecule has 0 spiro atoms. The fourth-order valence-corrected chi connectivity index (χ4v) is 2.45. The predicted molar refractivity (Wildman–Crippen MR) is 82.0 cm³/mol. The minimum Gasteiger partial charge on any atom is -0.398 e. The van der Waals surface area contributed by atoms with Crippen molar-refractivity contribution in [1.82, 2.24) is 10.3 Å².